The van der Waals surface area contributed by atoms with E-state index in [0.29, 0.717) is 13.0 Å². The minimum Gasteiger partial charge on any atom is -0.399 e. The largest absolute Gasteiger partial charge is 0.399 e. The van der Waals surface area contributed by atoms with Gasteiger partial charge in [-0.25, -0.2) is 0 Å². The Morgan fingerprint density at radius 1 is 1.21 bits per heavy atom. The van der Waals surface area contributed by atoms with Gasteiger partial charge in [0, 0.05) is 23.5 Å². The first-order chi connectivity index (χ1) is 9.24. The Hall–Kier alpha value is -1.81. The van der Waals surface area contributed by atoms with E-state index in [1.165, 1.54) is 4.88 Å². The summed E-state index contributed by atoms with van der Waals surface area (Å²) in [5.74, 6) is 0.0963. The van der Waals surface area contributed by atoms with E-state index in [4.69, 9.17) is 5.73 Å². The molecule has 1 aromatic carbocycles. The third kappa shape index (κ3) is 4.75. The van der Waals surface area contributed by atoms with Crippen LogP contribution in [0.4, 0.5) is 5.69 Å². The highest BCUT2D eigenvalue weighted by molar-refractivity contribution is 7.09. The van der Waals surface area contributed by atoms with Crippen molar-refractivity contribution in [3.8, 4) is 0 Å². The number of carbonyl (C=O) groups is 1. The molecular formula is C15H18N2OS. The number of amides is 1. The second kappa shape index (κ2) is 6.95. The van der Waals surface area contributed by atoms with Gasteiger partial charge < -0.3 is 11.1 Å². The third-order valence-corrected chi connectivity index (χ3v) is 3.80. The first-order valence-corrected chi connectivity index (χ1v) is 7.25. The maximum Gasteiger partial charge on any atom is 0.220 e. The first kappa shape index (κ1) is 13.6. The lowest BCUT2D eigenvalue weighted by atomic mass is 10.1. The smallest absolute Gasteiger partial charge is 0.220 e. The monoisotopic (exact) mass is 274 g/mol. The standard InChI is InChI=1S/C15H18N2OS/c16-13-4-1-3-12(11-13)6-7-15(18)17-9-8-14-5-2-10-19-14/h1-5,10-11H,6-9,16H2,(H,17,18). The Bertz CT molecular complexity index is 523. The van der Waals surface area contributed by atoms with Gasteiger partial charge in [0.1, 0.15) is 0 Å². The number of benzene rings is 1. The van der Waals surface area contributed by atoms with Gasteiger partial charge in [-0.15, -0.1) is 11.3 Å². The Kier molecular flexibility index (Phi) is 4.98. The van der Waals surface area contributed by atoms with Crippen molar-refractivity contribution in [1.29, 1.82) is 0 Å². The fourth-order valence-corrected chi connectivity index (χ4v) is 2.58. The van der Waals surface area contributed by atoms with Gasteiger partial charge >= 0.3 is 0 Å². The van der Waals surface area contributed by atoms with E-state index >= 15 is 0 Å². The number of hydrogen-bond acceptors (Lipinski definition) is 3. The van der Waals surface area contributed by atoms with E-state index in [2.05, 4.69) is 16.8 Å². The highest BCUT2D eigenvalue weighted by atomic mass is 32.1. The fraction of sp³-hybridized carbons (Fsp3) is 0.267. The molecule has 0 atom stereocenters. The Morgan fingerprint density at radius 3 is 2.84 bits per heavy atom. The topological polar surface area (TPSA) is 55.1 Å². The number of hydrogen-bond donors (Lipinski definition) is 2. The normalized spacial score (nSPS) is 10.3. The predicted molar refractivity (Wildman–Crippen MR) is 80.2 cm³/mol. The minimum atomic E-state index is 0.0963. The minimum absolute atomic E-state index is 0.0963. The molecule has 0 saturated heterocycles. The molecule has 0 fully saturated rings. The Morgan fingerprint density at radius 2 is 2.11 bits per heavy atom. The lowest BCUT2D eigenvalue weighted by Crippen LogP contribution is -2.25. The zero-order valence-corrected chi connectivity index (χ0v) is 11.6. The van der Waals surface area contributed by atoms with Crippen molar-refractivity contribution in [2.24, 2.45) is 0 Å². The van der Waals surface area contributed by atoms with Gasteiger partial charge in [0.25, 0.3) is 0 Å². The molecule has 19 heavy (non-hydrogen) atoms. The van der Waals surface area contributed by atoms with E-state index in [0.717, 1.165) is 24.1 Å². The molecule has 0 radical (unpaired) electrons. The summed E-state index contributed by atoms with van der Waals surface area (Å²) in [5, 5.41) is 4.99. The van der Waals surface area contributed by atoms with Crippen LogP contribution >= 0.6 is 11.3 Å². The van der Waals surface area contributed by atoms with Crippen LogP contribution in [0.15, 0.2) is 41.8 Å². The molecule has 2 rings (SSSR count). The van der Waals surface area contributed by atoms with Gasteiger partial charge in [-0.2, -0.15) is 0 Å². The molecule has 1 amide bonds. The Labute approximate surface area is 117 Å². The first-order valence-electron chi connectivity index (χ1n) is 6.37. The van der Waals surface area contributed by atoms with Gasteiger partial charge in [0.05, 0.1) is 0 Å². The third-order valence-electron chi connectivity index (χ3n) is 2.87. The van der Waals surface area contributed by atoms with Crippen molar-refractivity contribution >= 4 is 22.9 Å². The summed E-state index contributed by atoms with van der Waals surface area (Å²) in [5.41, 5.74) is 7.55. The molecule has 0 unspecified atom stereocenters. The van der Waals surface area contributed by atoms with Crippen LogP contribution in [0.2, 0.25) is 0 Å². The quantitative estimate of drug-likeness (QED) is 0.796. The maximum atomic E-state index is 11.7. The van der Waals surface area contributed by atoms with Gasteiger partial charge in [0.15, 0.2) is 0 Å². The maximum absolute atomic E-state index is 11.7. The summed E-state index contributed by atoms with van der Waals surface area (Å²) in [6, 6.07) is 11.8. The number of nitrogen functional groups attached to an aromatic ring is 1. The molecule has 3 nitrogen and oxygen atoms in total. The van der Waals surface area contributed by atoms with Crippen molar-refractivity contribution in [1.82, 2.24) is 5.32 Å². The average Bonchev–Trinajstić information content (AvgIpc) is 2.90. The highest BCUT2D eigenvalue weighted by Crippen LogP contribution is 2.09. The van der Waals surface area contributed by atoms with Crippen LogP contribution in [-0.2, 0) is 17.6 Å². The molecule has 0 spiro atoms. The number of rotatable bonds is 6. The second-order valence-electron chi connectivity index (χ2n) is 4.42. The van der Waals surface area contributed by atoms with Crippen molar-refractivity contribution in [2.75, 3.05) is 12.3 Å². The number of carbonyl (C=O) groups excluding carboxylic acids is 1. The average molecular weight is 274 g/mol. The van der Waals surface area contributed by atoms with Crippen molar-refractivity contribution in [3.63, 3.8) is 0 Å². The van der Waals surface area contributed by atoms with Gasteiger partial charge in [-0.05, 0) is 42.0 Å². The summed E-state index contributed by atoms with van der Waals surface area (Å²) in [6.07, 6.45) is 2.14. The molecule has 0 bridgehead atoms. The predicted octanol–water partition coefficient (Wildman–Crippen LogP) is 2.62. The van der Waals surface area contributed by atoms with Crippen molar-refractivity contribution in [2.45, 2.75) is 19.3 Å². The Balaban J connectivity index is 1.67. The fourth-order valence-electron chi connectivity index (χ4n) is 1.87. The number of aryl methyl sites for hydroxylation is 1. The van der Waals surface area contributed by atoms with Crippen LogP contribution in [0, 0.1) is 0 Å². The molecule has 0 aliphatic carbocycles. The summed E-state index contributed by atoms with van der Waals surface area (Å²) >= 11 is 1.72. The van der Waals surface area contributed by atoms with E-state index in [1.54, 1.807) is 11.3 Å². The molecule has 4 heteroatoms. The SMILES string of the molecule is Nc1cccc(CCC(=O)NCCc2cccs2)c1. The molecule has 2 aromatic rings. The molecule has 1 heterocycles. The molecule has 0 aliphatic heterocycles. The number of anilines is 1. The zero-order valence-electron chi connectivity index (χ0n) is 10.8. The second-order valence-corrected chi connectivity index (χ2v) is 5.46. The van der Waals surface area contributed by atoms with Crippen LogP contribution in [0.1, 0.15) is 16.9 Å². The molecule has 3 N–H and O–H groups in total. The molecule has 100 valence electrons. The van der Waals surface area contributed by atoms with E-state index < -0.39 is 0 Å². The summed E-state index contributed by atoms with van der Waals surface area (Å²) < 4.78 is 0. The lowest BCUT2D eigenvalue weighted by molar-refractivity contribution is -0.121. The molecule has 1 aromatic heterocycles. The van der Waals surface area contributed by atoms with Crippen molar-refractivity contribution in [3.05, 3.63) is 52.2 Å². The molecule has 0 aliphatic rings. The molecule has 0 saturated carbocycles. The van der Waals surface area contributed by atoms with Crippen LogP contribution in [0.25, 0.3) is 0 Å². The molecular weight excluding hydrogens is 256 g/mol. The van der Waals surface area contributed by atoms with Gasteiger partial charge in [-0.1, -0.05) is 18.2 Å². The number of nitrogens with two attached hydrogens (primary N) is 1. The summed E-state index contributed by atoms with van der Waals surface area (Å²) in [6.45, 7) is 0.705. The number of thiophene rings is 1. The van der Waals surface area contributed by atoms with Crippen LogP contribution in [0.5, 0.6) is 0 Å². The van der Waals surface area contributed by atoms with Crippen LogP contribution in [-0.4, -0.2) is 12.5 Å². The van der Waals surface area contributed by atoms with Crippen LogP contribution in [0.3, 0.4) is 0 Å². The zero-order chi connectivity index (χ0) is 13.5. The summed E-state index contributed by atoms with van der Waals surface area (Å²) in [4.78, 5) is 13.0. The van der Waals surface area contributed by atoms with Crippen LogP contribution < -0.4 is 11.1 Å². The highest BCUT2D eigenvalue weighted by Gasteiger charge is 2.02. The summed E-state index contributed by atoms with van der Waals surface area (Å²) in [7, 11) is 0. The number of nitrogens with one attached hydrogen (secondary N) is 1. The van der Waals surface area contributed by atoms with Crippen molar-refractivity contribution < 1.29 is 4.79 Å². The van der Waals surface area contributed by atoms with Gasteiger partial charge in [0.2, 0.25) is 5.91 Å². The lowest BCUT2D eigenvalue weighted by Gasteiger charge is -2.05. The van der Waals surface area contributed by atoms with E-state index in [1.807, 2.05) is 30.3 Å². The van der Waals surface area contributed by atoms with E-state index in [9.17, 15) is 4.79 Å². The van der Waals surface area contributed by atoms with E-state index in [-0.39, 0.29) is 5.91 Å². The van der Waals surface area contributed by atoms with Gasteiger partial charge in [-0.3, -0.25) is 4.79 Å².